The van der Waals surface area contributed by atoms with E-state index in [1.807, 2.05) is 0 Å². The molecule has 5 N–H and O–H groups in total. The normalized spacial score (nSPS) is 12.3. The lowest BCUT2D eigenvalue weighted by atomic mass is 10.2. The first-order valence-electron chi connectivity index (χ1n) is 5.60. The summed E-state index contributed by atoms with van der Waals surface area (Å²) in [6, 6.07) is 0. The van der Waals surface area contributed by atoms with Gasteiger partial charge in [-0.1, -0.05) is 0 Å². The molecule has 20 heavy (non-hydrogen) atoms. The fourth-order valence-corrected chi connectivity index (χ4v) is 2.69. The standard InChI is InChI=1S/C11H12N4O4S/c1-4-6-9(13-2-5(16)8(12)17)14-3-15-10(6)20-7(4)11(18)19/h3,5,16H,2H2,1H3,(H2,12,17)(H,18,19)(H,13,14,15). The lowest BCUT2D eigenvalue weighted by Crippen LogP contribution is -2.34. The lowest BCUT2D eigenvalue weighted by molar-refractivity contribution is -0.125. The van der Waals surface area contributed by atoms with Crippen LogP contribution in [0.2, 0.25) is 0 Å². The second-order valence-corrected chi connectivity index (χ2v) is 5.06. The topological polar surface area (TPSA) is 138 Å². The minimum Gasteiger partial charge on any atom is -0.477 e. The van der Waals surface area contributed by atoms with E-state index in [9.17, 15) is 14.7 Å². The van der Waals surface area contributed by atoms with Crippen molar-refractivity contribution in [1.82, 2.24) is 9.97 Å². The van der Waals surface area contributed by atoms with Crippen molar-refractivity contribution < 1.29 is 19.8 Å². The summed E-state index contributed by atoms with van der Waals surface area (Å²) >= 11 is 1.04. The summed E-state index contributed by atoms with van der Waals surface area (Å²) in [4.78, 5) is 30.6. The number of fused-ring (bicyclic) bond motifs is 1. The van der Waals surface area contributed by atoms with E-state index < -0.39 is 18.0 Å². The molecule has 2 heterocycles. The Morgan fingerprint density at radius 3 is 2.80 bits per heavy atom. The predicted molar refractivity (Wildman–Crippen MR) is 72.8 cm³/mol. The third kappa shape index (κ3) is 2.53. The average molecular weight is 296 g/mol. The molecule has 2 aromatic heterocycles. The molecule has 0 aliphatic carbocycles. The van der Waals surface area contributed by atoms with Gasteiger partial charge in [-0.15, -0.1) is 11.3 Å². The number of nitrogens with one attached hydrogen (secondary N) is 1. The zero-order valence-corrected chi connectivity index (χ0v) is 11.3. The number of carbonyl (C=O) groups is 2. The van der Waals surface area contributed by atoms with E-state index in [0.717, 1.165) is 11.3 Å². The van der Waals surface area contributed by atoms with Crippen LogP contribution >= 0.6 is 11.3 Å². The number of nitrogens with zero attached hydrogens (tertiary/aromatic N) is 2. The minimum atomic E-state index is -1.35. The first kappa shape index (κ1) is 14.2. The van der Waals surface area contributed by atoms with Crippen LogP contribution in [0.15, 0.2) is 6.33 Å². The summed E-state index contributed by atoms with van der Waals surface area (Å²) in [5.41, 5.74) is 5.49. The monoisotopic (exact) mass is 296 g/mol. The number of aromatic carboxylic acids is 1. The van der Waals surface area contributed by atoms with Gasteiger partial charge in [-0.25, -0.2) is 14.8 Å². The number of aliphatic hydroxyl groups excluding tert-OH is 1. The molecule has 0 aliphatic heterocycles. The number of carboxylic acid groups (broad SMARTS) is 1. The number of nitrogens with two attached hydrogens (primary N) is 1. The molecule has 9 heteroatoms. The van der Waals surface area contributed by atoms with Gasteiger partial charge in [0.15, 0.2) is 0 Å². The number of aromatic nitrogens is 2. The highest BCUT2D eigenvalue weighted by Gasteiger charge is 2.19. The third-order valence-electron chi connectivity index (χ3n) is 2.71. The summed E-state index contributed by atoms with van der Waals surface area (Å²) in [5.74, 6) is -1.53. The fourth-order valence-electron chi connectivity index (χ4n) is 1.70. The van der Waals surface area contributed by atoms with Crippen LogP contribution < -0.4 is 11.1 Å². The second-order valence-electron chi connectivity index (χ2n) is 4.06. The number of thiophene rings is 1. The molecule has 0 aromatic carbocycles. The van der Waals surface area contributed by atoms with Crippen LogP contribution in [0, 0.1) is 6.92 Å². The number of anilines is 1. The molecule has 0 aliphatic rings. The van der Waals surface area contributed by atoms with Crippen molar-refractivity contribution in [2.45, 2.75) is 13.0 Å². The predicted octanol–water partition coefficient (Wildman–Crippen LogP) is -0.0440. The summed E-state index contributed by atoms with van der Waals surface area (Å²) in [6.07, 6.45) is -0.0685. The SMILES string of the molecule is Cc1c(C(=O)O)sc2ncnc(NCC(O)C(N)=O)c12. The van der Waals surface area contributed by atoms with Crippen LogP contribution in [0.1, 0.15) is 15.2 Å². The number of primary amides is 1. The van der Waals surface area contributed by atoms with Crippen LogP contribution in [0.3, 0.4) is 0 Å². The highest BCUT2D eigenvalue weighted by atomic mass is 32.1. The van der Waals surface area contributed by atoms with Gasteiger partial charge in [0.05, 0.1) is 11.9 Å². The molecule has 0 saturated carbocycles. The molecule has 0 fully saturated rings. The third-order valence-corrected chi connectivity index (χ3v) is 3.90. The van der Waals surface area contributed by atoms with Crippen molar-refractivity contribution in [3.05, 3.63) is 16.8 Å². The van der Waals surface area contributed by atoms with Gasteiger partial charge in [0.2, 0.25) is 5.91 Å². The van der Waals surface area contributed by atoms with Crippen molar-refractivity contribution in [2.24, 2.45) is 5.73 Å². The molecule has 1 unspecified atom stereocenters. The first-order chi connectivity index (χ1) is 9.41. The molecular weight excluding hydrogens is 284 g/mol. The zero-order chi connectivity index (χ0) is 14.9. The van der Waals surface area contributed by atoms with Gasteiger partial charge in [-0.05, 0) is 12.5 Å². The Morgan fingerprint density at radius 1 is 1.50 bits per heavy atom. The van der Waals surface area contributed by atoms with Gasteiger partial charge >= 0.3 is 5.97 Å². The van der Waals surface area contributed by atoms with E-state index in [1.54, 1.807) is 6.92 Å². The van der Waals surface area contributed by atoms with Crippen LogP contribution in [0.4, 0.5) is 5.82 Å². The van der Waals surface area contributed by atoms with Gasteiger partial charge in [0, 0.05) is 0 Å². The number of hydrogen-bond donors (Lipinski definition) is 4. The number of aryl methyl sites for hydroxylation is 1. The van der Waals surface area contributed by atoms with E-state index >= 15 is 0 Å². The number of aliphatic hydroxyl groups is 1. The number of hydrogen-bond acceptors (Lipinski definition) is 7. The molecule has 0 saturated heterocycles. The van der Waals surface area contributed by atoms with Crippen molar-refractivity contribution in [3.8, 4) is 0 Å². The van der Waals surface area contributed by atoms with E-state index in [4.69, 9.17) is 10.8 Å². The molecule has 2 aromatic rings. The quantitative estimate of drug-likeness (QED) is 0.607. The van der Waals surface area contributed by atoms with Gasteiger partial charge in [0.1, 0.15) is 28.0 Å². The van der Waals surface area contributed by atoms with E-state index in [1.165, 1.54) is 6.33 Å². The molecule has 0 bridgehead atoms. The molecule has 0 radical (unpaired) electrons. The molecule has 1 atom stereocenters. The maximum absolute atomic E-state index is 11.1. The van der Waals surface area contributed by atoms with Crippen LogP contribution in [0.5, 0.6) is 0 Å². The number of carboxylic acids is 1. The summed E-state index contributed by atoms with van der Waals surface area (Å²) in [7, 11) is 0. The molecule has 106 valence electrons. The van der Waals surface area contributed by atoms with Crippen LogP contribution in [0.25, 0.3) is 10.2 Å². The molecule has 0 spiro atoms. The molecule has 1 amide bonds. The van der Waals surface area contributed by atoms with Crippen LogP contribution in [-0.2, 0) is 4.79 Å². The van der Waals surface area contributed by atoms with Gasteiger partial charge in [-0.3, -0.25) is 4.79 Å². The zero-order valence-electron chi connectivity index (χ0n) is 10.5. The van der Waals surface area contributed by atoms with Crippen molar-refractivity contribution >= 4 is 39.2 Å². The minimum absolute atomic E-state index is 0.112. The average Bonchev–Trinajstić information content (AvgIpc) is 2.74. The Labute approximate surface area is 117 Å². The number of amides is 1. The molecular formula is C11H12N4O4S. The highest BCUT2D eigenvalue weighted by Crippen LogP contribution is 2.33. The Hall–Kier alpha value is -2.26. The molecule has 2 rings (SSSR count). The van der Waals surface area contributed by atoms with E-state index in [2.05, 4.69) is 15.3 Å². The smallest absolute Gasteiger partial charge is 0.346 e. The number of rotatable bonds is 5. The lowest BCUT2D eigenvalue weighted by Gasteiger charge is -2.09. The Bertz CT molecular complexity index is 684. The van der Waals surface area contributed by atoms with Crippen molar-refractivity contribution in [2.75, 3.05) is 11.9 Å². The Morgan fingerprint density at radius 2 is 2.20 bits per heavy atom. The maximum atomic E-state index is 11.1. The number of carbonyl (C=O) groups excluding carboxylic acids is 1. The van der Waals surface area contributed by atoms with Gasteiger partial charge in [0.25, 0.3) is 0 Å². The van der Waals surface area contributed by atoms with E-state index in [0.29, 0.717) is 21.6 Å². The largest absolute Gasteiger partial charge is 0.477 e. The van der Waals surface area contributed by atoms with Crippen molar-refractivity contribution in [3.63, 3.8) is 0 Å². The second kappa shape index (κ2) is 5.39. The molecule has 8 nitrogen and oxygen atoms in total. The van der Waals surface area contributed by atoms with E-state index in [-0.39, 0.29) is 11.4 Å². The van der Waals surface area contributed by atoms with Gasteiger partial charge in [-0.2, -0.15) is 0 Å². The maximum Gasteiger partial charge on any atom is 0.346 e. The Kier molecular flexibility index (Phi) is 3.81. The Balaban J connectivity index is 2.39. The summed E-state index contributed by atoms with van der Waals surface area (Å²) in [6.45, 7) is 1.54. The van der Waals surface area contributed by atoms with Gasteiger partial charge < -0.3 is 21.3 Å². The highest BCUT2D eigenvalue weighted by molar-refractivity contribution is 7.20. The summed E-state index contributed by atoms with van der Waals surface area (Å²) < 4.78 is 0. The fraction of sp³-hybridized carbons (Fsp3) is 0.273. The van der Waals surface area contributed by atoms with Crippen molar-refractivity contribution in [1.29, 1.82) is 0 Å². The first-order valence-corrected chi connectivity index (χ1v) is 6.42. The van der Waals surface area contributed by atoms with Crippen LogP contribution in [-0.4, -0.2) is 44.7 Å². The summed E-state index contributed by atoms with van der Waals surface area (Å²) in [5, 5.41) is 21.8.